The average molecular weight is 353 g/mol. The van der Waals surface area contributed by atoms with Crippen molar-refractivity contribution in [2.75, 3.05) is 6.61 Å². The van der Waals surface area contributed by atoms with Gasteiger partial charge in [-0.2, -0.15) is 5.10 Å². The van der Waals surface area contributed by atoms with Crippen LogP contribution in [-0.4, -0.2) is 38.9 Å². The highest BCUT2D eigenvalue weighted by Crippen LogP contribution is 2.38. The van der Waals surface area contributed by atoms with Crippen molar-refractivity contribution in [2.45, 2.75) is 82.9 Å². The van der Waals surface area contributed by atoms with Gasteiger partial charge in [0.15, 0.2) is 4.77 Å². The Morgan fingerprint density at radius 3 is 3.00 bits per heavy atom. The molecule has 1 spiro atoms. The number of hydrogen-bond acceptors (Lipinski definition) is 4. The Hall–Kier alpha value is -1.21. The van der Waals surface area contributed by atoms with Crippen LogP contribution in [-0.2, 0) is 22.5 Å². The molecule has 1 amide bonds. The summed E-state index contributed by atoms with van der Waals surface area (Å²) in [6.45, 7) is 3.08. The normalized spacial score (nSPS) is 23.3. The number of H-pyrrole nitrogens is 1. The monoisotopic (exact) mass is 352 g/mol. The van der Waals surface area contributed by atoms with E-state index in [0.29, 0.717) is 4.77 Å². The van der Waals surface area contributed by atoms with Gasteiger partial charge in [0.1, 0.15) is 12.4 Å². The first-order valence-electron chi connectivity index (χ1n) is 9.19. The average Bonchev–Trinajstić information content (AvgIpc) is 2.89. The van der Waals surface area contributed by atoms with Gasteiger partial charge >= 0.3 is 0 Å². The van der Waals surface area contributed by atoms with Crippen molar-refractivity contribution in [1.29, 1.82) is 0 Å². The molecule has 7 heteroatoms. The van der Waals surface area contributed by atoms with Gasteiger partial charge in [-0.3, -0.25) is 14.5 Å². The van der Waals surface area contributed by atoms with Crippen LogP contribution in [0.5, 0.6) is 0 Å². The van der Waals surface area contributed by atoms with E-state index in [4.69, 9.17) is 17.0 Å². The molecule has 1 aromatic heterocycles. The van der Waals surface area contributed by atoms with E-state index in [0.717, 1.165) is 51.0 Å². The Labute approximate surface area is 148 Å². The van der Waals surface area contributed by atoms with E-state index >= 15 is 0 Å². The zero-order valence-electron chi connectivity index (χ0n) is 14.5. The molecule has 3 rings (SSSR count). The topological polar surface area (TPSA) is 71.9 Å². The predicted octanol–water partition coefficient (Wildman–Crippen LogP) is 2.89. The van der Waals surface area contributed by atoms with Gasteiger partial charge in [0.25, 0.3) is 0 Å². The van der Waals surface area contributed by atoms with Crippen LogP contribution in [0.2, 0.25) is 0 Å². The first-order valence-corrected chi connectivity index (χ1v) is 9.60. The summed E-state index contributed by atoms with van der Waals surface area (Å²) in [6, 6.07) is 0.208. The molecule has 134 valence electrons. The number of rotatable bonds is 5. The minimum atomic E-state index is 0.00771. The number of aryl methyl sites for hydroxylation is 1. The lowest BCUT2D eigenvalue weighted by molar-refractivity contribution is -0.129. The smallest absolute Gasteiger partial charge is 0.240 e. The van der Waals surface area contributed by atoms with E-state index in [1.165, 1.54) is 19.3 Å². The zero-order valence-corrected chi connectivity index (χ0v) is 15.3. The van der Waals surface area contributed by atoms with Crippen LogP contribution < -0.4 is 5.32 Å². The molecule has 0 aromatic carbocycles. The van der Waals surface area contributed by atoms with E-state index < -0.39 is 0 Å². The number of carbonyl (C=O) groups is 1. The zero-order chi connectivity index (χ0) is 17.0. The number of nitrogens with one attached hydrogen (secondary N) is 2. The fourth-order valence-corrected chi connectivity index (χ4v) is 4.26. The molecule has 2 fully saturated rings. The molecule has 6 nitrogen and oxygen atoms in total. The molecule has 0 radical (unpaired) electrons. The van der Waals surface area contributed by atoms with Gasteiger partial charge in [0, 0.05) is 19.1 Å². The molecule has 2 aliphatic rings. The standard InChI is InChI=1S/C17H28N4O2S/c1-2-6-14-19-20-16(24)21(14)12-15(22)18-13-7-10-23-17(11-13)8-4-3-5-9-17/h13H,2-12H2,1H3,(H,18,22)(H,20,24)/t13-/m1/s1. The summed E-state index contributed by atoms with van der Waals surface area (Å²) in [7, 11) is 0. The summed E-state index contributed by atoms with van der Waals surface area (Å²) in [5, 5.41) is 10.2. The third-order valence-electron chi connectivity index (χ3n) is 5.24. The SMILES string of the molecule is CCCc1n[nH]c(=S)n1CC(=O)N[C@@H]1CCOC2(CCCCC2)C1. The lowest BCUT2D eigenvalue weighted by Gasteiger charge is -2.43. The van der Waals surface area contributed by atoms with Gasteiger partial charge < -0.3 is 10.1 Å². The van der Waals surface area contributed by atoms with Crippen LogP contribution in [0.25, 0.3) is 0 Å². The lowest BCUT2D eigenvalue weighted by atomic mass is 9.78. The number of amides is 1. The molecule has 0 bridgehead atoms. The van der Waals surface area contributed by atoms with Crippen molar-refractivity contribution in [3.8, 4) is 0 Å². The van der Waals surface area contributed by atoms with Crippen molar-refractivity contribution >= 4 is 18.1 Å². The maximum atomic E-state index is 12.5. The summed E-state index contributed by atoms with van der Waals surface area (Å²) < 4.78 is 8.43. The highest BCUT2D eigenvalue weighted by atomic mass is 32.1. The van der Waals surface area contributed by atoms with Gasteiger partial charge in [-0.1, -0.05) is 26.2 Å². The summed E-state index contributed by atoms with van der Waals surface area (Å²) >= 11 is 5.25. The number of nitrogens with zero attached hydrogens (tertiary/aromatic N) is 2. The molecule has 1 saturated carbocycles. The number of aromatic amines is 1. The minimum absolute atomic E-state index is 0.00771. The third-order valence-corrected chi connectivity index (χ3v) is 5.55. The molecule has 24 heavy (non-hydrogen) atoms. The summed E-state index contributed by atoms with van der Waals surface area (Å²) in [5.41, 5.74) is 0.00771. The van der Waals surface area contributed by atoms with Crippen molar-refractivity contribution in [3.63, 3.8) is 0 Å². The molecule has 1 atom stereocenters. The van der Waals surface area contributed by atoms with E-state index in [-0.39, 0.29) is 24.1 Å². The van der Waals surface area contributed by atoms with E-state index in [1.54, 1.807) is 0 Å². The Morgan fingerprint density at radius 2 is 2.25 bits per heavy atom. The van der Waals surface area contributed by atoms with Crippen molar-refractivity contribution < 1.29 is 9.53 Å². The Bertz CT molecular complexity index is 613. The molecule has 1 aliphatic heterocycles. The van der Waals surface area contributed by atoms with Crippen molar-refractivity contribution in [2.24, 2.45) is 0 Å². The molecular formula is C17H28N4O2S. The van der Waals surface area contributed by atoms with Gasteiger partial charge in [0.2, 0.25) is 5.91 Å². The second-order valence-corrected chi connectivity index (χ2v) is 7.52. The number of hydrogen-bond donors (Lipinski definition) is 2. The number of aromatic nitrogens is 3. The van der Waals surface area contributed by atoms with Crippen LogP contribution in [0.3, 0.4) is 0 Å². The van der Waals surface area contributed by atoms with Gasteiger partial charge in [-0.05, 0) is 44.3 Å². The summed E-state index contributed by atoms with van der Waals surface area (Å²) in [6.07, 6.45) is 9.69. The molecule has 1 saturated heterocycles. The largest absolute Gasteiger partial charge is 0.375 e. The molecular weight excluding hydrogens is 324 g/mol. The third kappa shape index (κ3) is 4.06. The van der Waals surface area contributed by atoms with Crippen molar-refractivity contribution in [3.05, 3.63) is 10.6 Å². The summed E-state index contributed by atoms with van der Waals surface area (Å²) in [5.74, 6) is 0.871. The second-order valence-electron chi connectivity index (χ2n) is 7.13. The summed E-state index contributed by atoms with van der Waals surface area (Å²) in [4.78, 5) is 12.5. The highest BCUT2D eigenvalue weighted by molar-refractivity contribution is 7.71. The molecule has 0 unspecified atom stereocenters. The fraction of sp³-hybridized carbons (Fsp3) is 0.824. The van der Waals surface area contributed by atoms with Crippen LogP contribution in [0.1, 0.15) is 64.1 Å². The number of carbonyl (C=O) groups excluding carboxylic acids is 1. The quantitative estimate of drug-likeness (QED) is 0.799. The molecule has 1 aromatic rings. The molecule has 2 heterocycles. The van der Waals surface area contributed by atoms with E-state index in [9.17, 15) is 4.79 Å². The Morgan fingerprint density at radius 1 is 1.46 bits per heavy atom. The lowest BCUT2D eigenvalue weighted by Crippen LogP contribution is -2.50. The predicted molar refractivity (Wildman–Crippen MR) is 94.3 cm³/mol. The van der Waals surface area contributed by atoms with Crippen LogP contribution in [0, 0.1) is 4.77 Å². The highest BCUT2D eigenvalue weighted by Gasteiger charge is 2.38. The maximum Gasteiger partial charge on any atom is 0.240 e. The second kappa shape index (κ2) is 7.78. The maximum absolute atomic E-state index is 12.5. The van der Waals surface area contributed by atoms with Crippen LogP contribution >= 0.6 is 12.2 Å². The fourth-order valence-electron chi connectivity index (χ4n) is 4.04. The first kappa shape index (κ1) is 17.6. The van der Waals surface area contributed by atoms with Gasteiger partial charge in [0.05, 0.1) is 5.60 Å². The van der Waals surface area contributed by atoms with Crippen molar-refractivity contribution in [1.82, 2.24) is 20.1 Å². The first-order chi connectivity index (χ1) is 11.6. The van der Waals surface area contributed by atoms with Crippen LogP contribution in [0.4, 0.5) is 0 Å². The number of ether oxygens (including phenoxy) is 1. The van der Waals surface area contributed by atoms with E-state index in [2.05, 4.69) is 22.4 Å². The molecule has 2 N–H and O–H groups in total. The Kier molecular flexibility index (Phi) is 5.71. The van der Waals surface area contributed by atoms with Gasteiger partial charge in [-0.15, -0.1) is 0 Å². The minimum Gasteiger partial charge on any atom is -0.375 e. The van der Waals surface area contributed by atoms with Gasteiger partial charge in [-0.25, -0.2) is 0 Å². The Balaban J connectivity index is 1.58. The molecule has 1 aliphatic carbocycles. The van der Waals surface area contributed by atoms with E-state index in [1.807, 2.05) is 4.57 Å². The van der Waals surface area contributed by atoms with Crippen LogP contribution in [0.15, 0.2) is 0 Å².